The third kappa shape index (κ3) is 2.63. The summed E-state index contributed by atoms with van der Waals surface area (Å²) in [7, 11) is 0. The minimum absolute atomic E-state index is 0.0196. The van der Waals surface area contributed by atoms with Crippen LogP contribution in [0.25, 0.3) is 32.8 Å². The first-order valence-corrected chi connectivity index (χ1v) is 9.72. The molecule has 4 aromatic rings. The van der Waals surface area contributed by atoms with Crippen molar-refractivity contribution in [1.29, 1.82) is 0 Å². The Labute approximate surface area is 158 Å². The maximum Gasteiger partial charge on any atom is 0.134 e. The van der Waals surface area contributed by atoms with Gasteiger partial charge < -0.3 is 0 Å². The molecule has 5 rings (SSSR count). The highest BCUT2D eigenvalue weighted by molar-refractivity contribution is 6.11. The van der Waals surface area contributed by atoms with Crippen LogP contribution < -0.4 is 0 Å². The summed E-state index contributed by atoms with van der Waals surface area (Å²) in [5.41, 5.74) is 6.66. The molecule has 0 fully saturated rings. The smallest absolute Gasteiger partial charge is 0.134 e. The Morgan fingerprint density at radius 1 is 0.778 bits per heavy atom. The summed E-state index contributed by atoms with van der Waals surface area (Å²) >= 11 is 0. The van der Waals surface area contributed by atoms with Crippen LogP contribution in [0.4, 0.5) is 4.39 Å². The van der Waals surface area contributed by atoms with Crippen molar-refractivity contribution in [2.45, 2.75) is 39.5 Å². The van der Waals surface area contributed by atoms with E-state index >= 15 is 4.39 Å². The first-order chi connectivity index (χ1) is 13.1. The van der Waals surface area contributed by atoms with Crippen molar-refractivity contribution in [2.75, 3.05) is 0 Å². The molecule has 27 heavy (non-hydrogen) atoms. The zero-order chi connectivity index (χ0) is 18.5. The fraction of sp³-hybridized carbons (Fsp3) is 0.240. The Morgan fingerprint density at radius 3 is 2.33 bits per heavy atom. The van der Waals surface area contributed by atoms with Gasteiger partial charge in [0.2, 0.25) is 0 Å². The molecule has 0 N–H and O–H groups in total. The van der Waals surface area contributed by atoms with Crippen LogP contribution in [-0.4, -0.2) is 4.98 Å². The second-order valence-electron chi connectivity index (χ2n) is 7.83. The van der Waals surface area contributed by atoms with Crippen LogP contribution in [0.1, 0.15) is 35.1 Å². The molecule has 0 bridgehead atoms. The molecule has 1 aliphatic carbocycles. The summed E-state index contributed by atoms with van der Waals surface area (Å²) in [6.45, 7) is 4.22. The summed E-state index contributed by atoms with van der Waals surface area (Å²) < 4.78 is 15.2. The number of pyridine rings is 1. The molecule has 0 saturated carbocycles. The van der Waals surface area contributed by atoms with Gasteiger partial charge in [-0.25, -0.2) is 4.39 Å². The second-order valence-corrected chi connectivity index (χ2v) is 7.83. The lowest BCUT2D eigenvalue weighted by Crippen LogP contribution is -2.06. The zero-order valence-electron chi connectivity index (χ0n) is 15.8. The normalized spacial score (nSPS) is 13.9. The molecule has 0 radical (unpaired) electrons. The van der Waals surface area contributed by atoms with E-state index in [2.05, 4.69) is 43.1 Å². The van der Waals surface area contributed by atoms with E-state index in [1.54, 1.807) is 0 Å². The molecule has 0 spiro atoms. The van der Waals surface area contributed by atoms with Crippen molar-refractivity contribution in [3.05, 3.63) is 76.7 Å². The van der Waals surface area contributed by atoms with E-state index in [1.807, 2.05) is 24.4 Å². The first kappa shape index (κ1) is 16.4. The number of hydrogen-bond acceptors (Lipinski definition) is 1. The molecule has 0 amide bonds. The van der Waals surface area contributed by atoms with Crippen LogP contribution in [0.5, 0.6) is 0 Å². The molecule has 1 aromatic heterocycles. The number of aryl methyl sites for hydroxylation is 3. The molecule has 1 nitrogen and oxygen atoms in total. The lowest BCUT2D eigenvalue weighted by atomic mass is 9.87. The van der Waals surface area contributed by atoms with Crippen molar-refractivity contribution >= 4 is 21.5 Å². The number of rotatable bonds is 1. The zero-order valence-corrected chi connectivity index (χ0v) is 15.8. The predicted molar refractivity (Wildman–Crippen MR) is 111 cm³/mol. The van der Waals surface area contributed by atoms with E-state index in [1.165, 1.54) is 16.7 Å². The molecule has 0 aliphatic heterocycles. The predicted octanol–water partition coefficient (Wildman–Crippen LogP) is 6.69. The fourth-order valence-corrected chi connectivity index (χ4v) is 4.64. The summed E-state index contributed by atoms with van der Waals surface area (Å²) in [5, 5.41) is 3.92. The van der Waals surface area contributed by atoms with Crippen molar-refractivity contribution in [2.24, 2.45) is 0 Å². The number of halogens is 1. The highest BCUT2D eigenvalue weighted by Crippen LogP contribution is 2.36. The minimum Gasteiger partial charge on any atom is -0.256 e. The molecule has 0 saturated heterocycles. The largest absolute Gasteiger partial charge is 0.256 e. The van der Waals surface area contributed by atoms with Gasteiger partial charge in [0.25, 0.3) is 0 Å². The van der Waals surface area contributed by atoms with E-state index < -0.39 is 0 Å². The summed E-state index contributed by atoms with van der Waals surface area (Å²) in [5.74, 6) is -0.0196. The average molecular weight is 355 g/mol. The number of hydrogen-bond donors (Lipinski definition) is 0. The van der Waals surface area contributed by atoms with Crippen LogP contribution in [0.3, 0.4) is 0 Å². The van der Waals surface area contributed by atoms with Crippen molar-refractivity contribution in [3.8, 4) is 11.3 Å². The van der Waals surface area contributed by atoms with E-state index in [0.717, 1.165) is 64.0 Å². The topological polar surface area (TPSA) is 12.9 Å². The van der Waals surface area contributed by atoms with E-state index in [-0.39, 0.29) is 5.82 Å². The van der Waals surface area contributed by atoms with Crippen molar-refractivity contribution < 1.29 is 4.39 Å². The van der Waals surface area contributed by atoms with Gasteiger partial charge in [0.1, 0.15) is 5.82 Å². The van der Waals surface area contributed by atoms with Crippen molar-refractivity contribution in [3.63, 3.8) is 0 Å². The maximum absolute atomic E-state index is 15.2. The number of fused-ring (bicyclic) bond motifs is 4. The third-order valence-electron chi connectivity index (χ3n) is 5.81. The fourth-order valence-electron chi connectivity index (χ4n) is 4.64. The Kier molecular flexibility index (Phi) is 3.75. The lowest BCUT2D eigenvalue weighted by Gasteiger charge is -2.19. The molecule has 1 aliphatic rings. The SMILES string of the molecule is Cc1cc(C)cc(-c2nccc3c2ccc2c(F)c4c(cc23)CCCC4)c1. The lowest BCUT2D eigenvalue weighted by molar-refractivity contribution is 0.589. The maximum atomic E-state index is 15.2. The van der Waals surface area contributed by atoms with Gasteiger partial charge in [0, 0.05) is 22.5 Å². The van der Waals surface area contributed by atoms with Gasteiger partial charge in [-0.2, -0.15) is 0 Å². The van der Waals surface area contributed by atoms with Gasteiger partial charge in [-0.15, -0.1) is 0 Å². The molecule has 0 atom stereocenters. The average Bonchev–Trinajstić information content (AvgIpc) is 2.67. The Morgan fingerprint density at radius 2 is 1.52 bits per heavy atom. The summed E-state index contributed by atoms with van der Waals surface area (Å²) in [4.78, 5) is 4.68. The van der Waals surface area contributed by atoms with Gasteiger partial charge in [0.05, 0.1) is 5.69 Å². The molecular formula is C25H22FN. The second kappa shape index (κ2) is 6.16. The highest BCUT2D eigenvalue weighted by Gasteiger charge is 2.18. The van der Waals surface area contributed by atoms with E-state index in [4.69, 9.17) is 0 Å². The quantitative estimate of drug-likeness (QED) is 0.347. The van der Waals surface area contributed by atoms with Gasteiger partial charge >= 0.3 is 0 Å². The molecule has 3 aromatic carbocycles. The van der Waals surface area contributed by atoms with Gasteiger partial charge in [0.15, 0.2) is 0 Å². The third-order valence-corrected chi connectivity index (χ3v) is 5.81. The standard InChI is InChI=1S/C25H22FN/c1-15-11-16(2)13-18(12-15)25-22-8-7-21-23(20(22)9-10-27-25)14-17-5-3-4-6-19(17)24(21)26/h7-14H,3-6H2,1-2H3. The minimum atomic E-state index is -0.0196. The number of nitrogens with zero attached hydrogens (tertiary/aromatic N) is 1. The van der Waals surface area contributed by atoms with Crippen molar-refractivity contribution in [1.82, 2.24) is 4.98 Å². The van der Waals surface area contributed by atoms with Crippen LogP contribution in [0.15, 0.2) is 48.7 Å². The summed E-state index contributed by atoms with van der Waals surface area (Å²) in [6, 6.07) is 14.7. The van der Waals surface area contributed by atoms with E-state index in [0.29, 0.717) is 0 Å². The highest BCUT2D eigenvalue weighted by atomic mass is 19.1. The monoisotopic (exact) mass is 355 g/mol. The van der Waals surface area contributed by atoms with Gasteiger partial charge in [-0.05, 0) is 79.6 Å². The van der Waals surface area contributed by atoms with E-state index in [9.17, 15) is 0 Å². The van der Waals surface area contributed by atoms with Gasteiger partial charge in [-0.1, -0.05) is 35.4 Å². The molecule has 134 valence electrons. The van der Waals surface area contributed by atoms with Crippen LogP contribution in [-0.2, 0) is 12.8 Å². The van der Waals surface area contributed by atoms with Crippen LogP contribution in [0, 0.1) is 19.7 Å². The Balaban J connectivity index is 1.83. The van der Waals surface area contributed by atoms with Gasteiger partial charge in [-0.3, -0.25) is 4.98 Å². The Bertz CT molecular complexity index is 1190. The molecular weight excluding hydrogens is 333 g/mol. The molecule has 0 unspecified atom stereocenters. The molecule has 2 heteroatoms. The number of aromatic nitrogens is 1. The Hall–Kier alpha value is -2.74. The van der Waals surface area contributed by atoms with Crippen LogP contribution in [0.2, 0.25) is 0 Å². The first-order valence-electron chi connectivity index (χ1n) is 9.72. The number of benzene rings is 3. The summed E-state index contributed by atoms with van der Waals surface area (Å²) in [6.07, 6.45) is 5.93. The molecule has 1 heterocycles. The van der Waals surface area contributed by atoms with Crippen LogP contribution >= 0.6 is 0 Å².